The predicted octanol–water partition coefficient (Wildman–Crippen LogP) is 3.79. The third-order valence-electron chi connectivity index (χ3n) is 6.54. The van der Waals surface area contributed by atoms with Gasteiger partial charge < -0.3 is 10.2 Å². The van der Waals surface area contributed by atoms with E-state index in [1.807, 2.05) is 64.6 Å². The van der Waals surface area contributed by atoms with Crippen LogP contribution in [0.15, 0.2) is 28.2 Å². The van der Waals surface area contributed by atoms with E-state index in [4.69, 9.17) is 0 Å². The maximum absolute atomic E-state index is 12.8. The van der Waals surface area contributed by atoms with Crippen LogP contribution in [0.5, 0.6) is 0 Å². The Hall–Kier alpha value is -2.15. The summed E-state index contributed by atoms with van der Waals surface area (Å²) in [4.78, 5) is 14.8. The molecule has 0 aromatic heterocycles. The van der Waals surface area contributed by atoms with Crippen molar-refractivity contribution in [2.45, 2.75) is 66.8 Å². The van der Waals surface area contributed by atoms with Gasteiger partial charge in [-0.15, -0.1) is 4.40 Å². The van der Waals surface area contributed by atoms with Crippen LogP contribution < -0.4 is 5.32 Å². The average molecular weight is 432 g/mol. The standard InChI is InChI=1S/C23H33N3O3S/c1-7-23(5,6)22(27)24-19-10-12-26(13-11-19)21-17(4)20(30(28,29)25-21)18-9-8-15(2)16(3)14-18/h8-9,14,19H,7,10-13H2,1-6H3,(H,24,27). The van der Waals surface area contributed by atoms with Crippen LogP contribution in [-0.4, -0.2) is 44.2 Å². The molecule has 1 amide bonds. The minimum Gasteiger partial charge on any atom is -0.356 e. The van der Waals surface area contributed by atoms with E-state index in [-0.39, 0.29) is 17.4 Å². The molecule has 1 aromatic rings. The van der Waals surface area contributed by atoms with E-state index in [0.717, 1.165) is 30.4 Å². The van der Waals surface area contributed by atoms with Gasteiger partial charge in [-0.25, -0.2) is 0 Å². The molecule has 7 heteroatoms. The number of amides is 1. The maximum atomic E-state index is 12.8. The summed E-state index contributed by atoms with van der Waals surface area (Å²) in [7, 11) is -3.72. The highest BCUT2D eigenvalue weighted by Gasteiger charge is 2.35. The fraction of sp³-hybridized carbons (Fsp3) is 0.565. The van der Waals surface area contributed by atoms with Gasteiger partial charge in [-0.3, -0.25) is 4.79 Å². The Kier molecular flexibility index (Phi) is 6.14. The van der Waals surface area contributed by atoms with E-state index < -0.39 is 10.0 Å². The van der Waals surface area contributed by atoms with Gasteiger partial charge in [0.2, 0.25) is 5.91 Å². The summed E-state index contributed by atoms with van der Waals surface area (Å²) in [5.74, 6) is 0.624. The third kappa shape index (κ3) is 4.31. The number of carbonyl (C=O) groups excluding carboxylic acids is 1. The van der Waals surface area contributed by atoms with Gasteiger partial charge in [0.1, 0.15) is 10.7 Å². The van der Waals surface area contributed by atoms with Gasteiger partial charge in [0.05, 0.1) is 0 Å². The lowest BCUT2D eigenvalue weighted by molar-refractivity contribution is -0.130. The van der Waals surface area contributed by atoms with Crippen LogP contribution in [0.1, 0.15) is 63.6 Å². The number of carbonyl (C=O) groups is 1. The molecular weight excluding hydrogens is 398 g/mol. The number of piperidine rings is 1. The fourth-order valence-corrected chi connectivity index (χ4v) is 5.32. The summed E-state index contributed by atoms with van der Waals surface area (Å²) in [5, 5.41) is 3.16. The number of benzene rings is 1. The Morgan fingerprint density at radius 3 is 2.37 bits per heavy atom. The highest BCUT2D eigenvalue weighted by molar-refractivity contribution is 8.00. The Morgan fingerprint density at radius 2 is 1.80 bits per heavy atom. The Labute approximate surface area is 180 Å². The van der Waals surface area contributed by atoms with Gasteiger partial charge in [-0.2, -0.15) is 8.42 Å². The van der Waals surface area contributed by atoms with E-state index in [1.54, 1.807) is 0 Å². The summed E-state index contributed by atoms with van der Waals surface area (Å²) in [6.07, 6.45) is 2.34. The number of sulfonamides is 1. The lowest BCUT2D eigenvalue weighted by atomic mass is 9.88. The summed E-state index contributed by atoms with van der Waals surface area (Å²) in [6.45, 7) is 13.1. The second-order valence-electron chi connectivity index (χ2n) is 9.12. The summed E-state index contributed by atoms with van der Waals surface area (Å²) < 4.78 is 29.8. The Balaban J connectivity index is 1.75. The summed E-state index contributed by atoms with van der Waals surface area (Å²) in [5.41, 5.74) is 3.21. The molecule has 1 fully saturated rings. The van der Waals surface area contributed by atoms with Crippen molar-refractivity contribution in [3.05, 3.63) is 40.5 Å². The van der Waals surface area contributed by atoms with E-state index in [9.17, 15) is 13.2 Å². The highest BCUT2D eigenvalue weighted by Crippen LogP contribution is 2.35. The normalized spacial score (nSPS) is 19.8. The smallest absolute Gasteiger partial charge is 0.285 e. The lowest BCUT2D eigenvalue weighted by Gasteiger charge is -2.35. The van der Waals surface area contributed by atoms with Crippen molar-refractivity contribution in [3.8, 4) is 0 Å². The first kappa shape index (κ1) is 22.5. The second kappa shape index (κ2) is 8.17. The molecule has 0 saturated carbocycles. The molecule has 1 N–H and O–H groups in total. The van der Waals surface area contributed by atoms with Crippen molar-refractivity contribution in [3.63, 3.8) is 0 Å². The molecule has 6 nitrogen and oxygen atoms in total. The zero-order chi connectivity index (χ0) is 22.3. The molecule has 3 rings (SSSR count). The number of hydrogen-bond acceptors (Lipinski definition) is 4. The van der Waals surface area contributed by atoms with Crippen molar-refractivity contribution < 1.29 is 13.2 Å². The number of rotatable bonds is 4. The monoisotopic (exact) mass is 431 g/mol. The van der Waals surface area contributed by atoms with Gasteiger partial charge in [0.15, 0.2) is 0 Å². The minimum absolute atomic E-state index is 0.0809. The molecule has 164 valence electrons. The zero-order valence-corrected chi connectivity index (χ0v) is 19.7. The molecule has 0 aliphatic carbocycles. The van der Waals surface area contributed by atoms with E-state index in [0.29, 0.717) is 35.0 Å². The van der Waals surface area contributed by atoms with Gasteiger partial charge in [0.25, 0.3) is 10.0 Å². The number of aryl methyl sites for hydroxylation is 2. The van der Waals surface area contributed by atoms with Crippen molar-refractivity contribution >= 4 is 26.7 Å². The first-order valence-corrected chi connectivity index (χ1v) is 12.1. The minimum atomic E-state index is -3.72. The van der Waals surface area contributed by atoms with Crippen molar-refractivity contribution in [1.29, 1.82) is 0 Å². The quantitative estimate of drug-likeness (QED) is 0.787. The molecule has 2 aliphatic rings. The molecule has 2 aliphatic heterocycles. The van der Waals surface area contributed by atoms with Crippen molar-refractivity contribution in [2.24, 2.45) is 9.81 Å². The van der Waals surface area contributed by atoms with E-state index in [1.165, 1.54) is 0 Å². The molecule has 2 heterocycles. The van der Waals surface area contributed by atoms with Crippen LogP contribution in [0.25, 0.3) is 4.91 Å². The molecule has 0 radical (unpaired) electrons. The second-order valence-corrected chi connectivity index (χ2v) is 10.7. The number of nitrogens with zero attached hydrogens (tertiary/aromatic N) is 2. The van der Waals surface area contributed by atoms with Crippen LogP contribution in [0.3, 0.4) is 0 Å². The van der Waals surface area contributed by atoms with Gasteiger partial charge in [-0.1, -0.05) is 39.0 Å². The zero-order valence-electron chi connectivity index (χ0n) is 18.9. The largest absolute Gasteiger partial charge is 0.356 e. The SMILES string of the molecule is CCC(C)(C)C(=O)NC1CCN(C2=NS(=O)(=O)C(c3ccc(C)c(C)c3)=C2C)CC1. The Bertz CT molecular complexity index is 1010. The topological polar surface area (TPSA) is 78.8 Å². The van der Waals surface area contributed by atoms with E-state index >= 15 is 0 Å². The van der Waals surface area contributed by atoms with Crippen molar-refractivity contribution in [1.82, 2.24) is 10.2 Å². The highest BCUT2D eigenvalue weighted by atomic mass is 32.2. The van der Waals surface area contributed by atoms with Crippen LogP contribution >= 0.6 is 0 Å². The molecular formula is C23H33N3O3S. The van der Waals surface area contributed by atoms with Crippen molar-refractivity contribution in [2.75, 3.05) is 13.1 Å². The average Bonchev–Trinajstić information content (AvgIpc) is 2.93. The van der Waals surface area contributed by atoms with E-state index in [2.05, 4.69) is 9.71 Å². The number of likely N-dealkylation sites (tertiary alicyclic amines) is 1. The molecule has 1 aromatic carbocycles. The van der Waals surface area contributed by atoms with Crippen LogP contribution in [0.4, 0.5) is 0 Å². The fourth-order valence-electron chi connectivity index (χ4n) is 3.84. The first-order valence-electron chi connectivity index (χ1n) is 10.7. The molecule has 0 unspecified atom stereocenters. The van der Waals surface area contributed by atoms with Gasteiger partial charge >= 0.3 is 0 Å². The first-order chi connectivity index (χ1) is 14.0. The summed E-state index contributed by atoms with van der Waals surface area (Å²) >= 11 is 0. The molecule has 1 saturated heterocycles. The Morgan fingerprint density at radius 1 is 1.17 bits per heavy atom. The van der Waals surface area contributed by atoms with Crippen LogP contribution in [0, 0.1) is 19.3 Å². The van der Waals surface area contributed by atoms with Gasteiger partial charge in [0, 0.05) is 30.1 Å². The third-order valence-corrected chi connectivity index (χ3v) is 8.01. The maximum Gasteiger partial charge on any atom is 0.285 e. The number of hydrogen-bond donors (Lipinski definition) is 1. The molecule has 0 spiro atoms. The van der Waals surface area contributed by atoms with Crippen LogP contribution in [-0.2, 0) is 14.8 Å². The number of amidine groups is 1. The number of nitrogens with one attached hydrogen (secondary N) is 1. The molecule has 30 heavy (non-hydrogen) atoms. The predicted molar refractivity (Wildman–Crippen MR) is 122 cm³/mol. The van der Waals surface area contributed by atoms with Crippen LogP contribution in [0.2, 0.25) is 0 Å². The molecule has 0 atom stereocenters. The lowest BCUT2D eigenvalue weighted by Crippen LogP contribution is -2.49. The molecule has 0 bridgehead atoms. The van der Waals surface area contributed by atoms with Gasteiger partial charge in [-0.05, 0) is 56.7 Å². The summed E-state index contributed by atoms with van der Waals surface area (Å²) in [6, 6.07) is 5.84.